The van der Waals surface area contributed by atoms with Gasteiger partial charge in [0.05, 0.1) is 0 Å². The van der Waals surface area contributed by atoms with Crippen LogP contribution in [0, 0.1) is 5.92 Å². The highest BCUT2D eigenvalue weighted by Gasteiger charge is 2.28. The largest absolute Gasteiger partial charge is 0.337 e. The van der Waals surface area contributed by atoms with Crippen LogP contribution < -0.4 is 5.32 Å². The van der Waals surface area contributed by atoms with Gasteiger partial charge in [-0.1, -0.05) is 0 Å². The molecule has 1 N–H and O–H groups in total. The zero-order chi connectivity index (χ0) is 14.7. The Kier molecular flexibility index (Phi) is 6.15. The molecule has 1 aromatic rings. The average Bonchev–Trinajstić information content (AvgIpc) is 3.38. The highest BCUT2D eigenvalue weighted by atomic mass is 35.5. The van der Waals surface area contributed by atoms with Crippen molar-refractivity contribution in [2.45, 2.75) is 38.0 Å². The molecule has 0 spiro atoms. The average molecular weight is 325 g/mol. The molecule has 0 bridgehead atoms. The van der Waals surface area contributed by atoms with Gasteiger partial charge in [0.25, 0.3) is 5.91 Å². The molecule has 6 heteroatoms. The monoisotopic (exact) mass is 324 g/mol. The lowest BCUT2D eigenvalue weighted by atomic mass is 9.93. The van der Waals surface area contributed by atoms with Crippen LogP contribution in [-0.4, -0.2) is 47.5 Å². The van der Waals surface area contributed by atoms with Gasteiger partial charge in [0.1, 0.15) is 11.5 Å². The highest BCUT2D eigenvalue weighted by Crippen LogP contribution is 2.37. The van der Waals surface area contributed by atoms with E-state index in [2.05, 4.69) is 15.3 Å². The lowest BCUT2D eigenvalue weighted by Gasteiger charge is -2.31. The van der Waals surface area contributed by atoms with E-state index in [4.69, 9.17) is 0 Å². The van der Waals surface area contributed by atoms with Crippen molar-refractivity contribution in [3.8, 4) is 0 Å². The molecule has 1 aliphatic carbocycles. The van der Waals surface area contributed by atoms with Gasteiger partial charge in [0.15, 0.2) is 0 Å². The van der Waals surface area contributed by atoms with E-state index < -0.39 is 0 Å². The first kappa shape index (κ1) is 17.2. The van der Waals surface area contributed by atoms with Crippen LogP contribution >= 0.6 is 12.4 Å². The number of piperidine rings is 1. The Morgan fingerprint density at radius 1 is 1.32 bits per heavy atom. The van der Waals surface area contributed by atoms with Gasteiger partial charge in [-0.3, -0.25) is 4.79 Å². The summed E-state index contributed by atoms with van der Waals surface area (Å²) in [6, 6.07) is 1.75. The van der Waals surface area contributed by atoms with Crippen molar-refractivity contribution in [2.75, 3.05) is 26.7 Å². The molecule has 0 atom stereocenters. The minimum absolute atomic E-state index is 0. The van der Waals surface area contributed by atoms with Gasteiger partial charge < -0.3 is 10.2 Å². The van der Waals surface area contributed by atoms with Crippen LogP contribution in [0.25, 0.3) is 0 Å². The standard InChI is InChI=1S/C16H24N4O.ClH/c1-17-8-4-12-6-10-20(11-7-12)16(21)14-5-9-18-15(19-14)13-2-3-13;/h5,9,12-13,17H,2-4,6-8,10-11H2,1H3;1H. The number of carbonyl (C=O) groups is 1. The fraction of sp³-hybridized carbons (Fsp3) is 0.688. The second-order valence-electron chi connectivity index (χ2n) is 6.20. The number of hydrogen-bond acceptors (Lipinski definition) is 4. The number of carbonyl (C=O) groups excluding carboxylic acids is 1. The quantitative estimate of drug-likeness (QED) is 0.902. The molecule has 1 aliphatic heterocycles. The highest BCUT2D eigenvalue weighted by molar-refractivity contribution is 5.92. The SMILES string of the molecule is CNCCC1CCN(C(=O)c2ccnc(C3CC3)n2)CC1.Cl. The molecule has 0 unspecified atom stereocenters. The van der Waals surface area contributed by atoms with Crippen LogP contribution in [0.4, 0.5) is 0 Å². The molecule has 1 amide bonds. The zero-order valence-electron chi connectivity index (χ0n) is 13.1. The summed E-state index contributed by atoms with van der Waals surface area (Å²) >= 11 is 0. The lowest BCUT2D eigenvalue weighted by molar-refractivity contribution is 0.0680. The number of aromatic nitrogens is 2. The van der Waals surface area contributed by atoms with Crippen molar-refractivity contribution in [1.82, 2.24) is 20.2 Å². The van der Waals surface area contributed by atoms with E-state index in [-0.39, 0.29) is 18.3 Å². The Hall–Kier alpha value is -1.20. The molecule has 2 aliphatic rings. The Labute approximate surface area is 138 Å². The Morgan fingerprint density at radius 3 is 2.68 bits per heavy atom. The first-order valence-electron chi connectivity index (χ1n) is 8.04. The molecule has 1 aromatic heterocycles. The molecule has 122 valence electrons. The molecular formula is C16H25ClN4O. The predicted octanol–water partition coefficient (Wildman–Crippen LogP) is 2.24. The zero-order valence-corrected chi connectivity index (χ0v) is 13.9. The van der Waals surface area contributed by atoms with Crippen LogP contribution in [0.5, 0.6) is 0 Å². The Balaban J connectivity index is 0.00000176. The Bertz CT molecular complexity index is 499. The fourth-order valence-electron chi connectivity index (χ4n) is 2.97. The number of nitrogens with zero attached hydrogens (tertiary/aromatic N) is 3. The van der Waals surface area contributed by atoms with Crippen LogP contribution in [0.15, 0.2) is 12.3 Å². The summed E-state index contributed by atoms with van der Waals surface area (Å²) in [6.45, 7) is 2.78. The van der Waals surface area contributed by atoms with E-state index in [9.17, 15) is 4.79 Å². The van der Waals surface area contributed by atoms with Gasteiger partial charge in [-0.2, -0.15) is 0 Å². The van der Waals surface area contributed by atoms with Crippen LogP contribution in [0.1, 0.15) is 54.3 Å². The van der Waals surface area contributed by atoms with Gasteiger partial charge in [-0.05, 0) is 57.7 Å². The minimum Gasteiger partial charge on any atom is -0.337 e. The third kappa shape index (κ3) is 4.17. The number of hydrogen-bond donors (Lipinski definition) is 1. The molecule has 5 nitrogen and oxygen atoms in total. The topological polar surface area (TPSA) is 58.1 Å². The van der Waals surface area contributed by atoms with Crippen molar-refractivity contribution >= 4 is 18.3 Å². The molecule has 0 radical (unpaired) electrons. The lowest BCUT2D eigenvalue weighted by Crippen LogP contribution is -2.39. The fourth-order valence-corrected chi connectivity index (χ4v) is 2.97. The van der Waals surface area contributed by atoms with Crippen LogP contribution in [0.2, 0.25) is 0 Å². The molecule has 1 saturated carbocycles. The number of halogens is 1. The summed E-state index contributed by atoms with van der Waals surface area (Å²) in [5.74, 6) is 2.16. The van der Waals surface area contributed by atoms with Crippen molar-refractivity contribution in [3.05, 3.63) is 23.8 Å². The number of rotatable bonds is 5. The summed E-state index contributed by atoms with van der Waals surface area (Å²) in [6.07, 6.45) is 7.47. The van der Waals surface area contributed by atoms with Gasteiger partial charge in [-0.25, -0.2) is 9.97 Å². The second kappa shape index (κ2) is 7.88. The molecule has 0 aromatic carbocycles. The van der Waals surface area contributed by atoms with E-state index in [1.807, 2.05) is 11.9 Å². The molecule has 22 heavy (non-hydrogen) atoms. The second-order valence-corrected chi connectivity index (χ2v) is 6.20. The molecule has 2 fully saturated rings. The number of amides is 1. The number of nitrogens with one attached hydrogen (secondary N) is 1. The van der Waals surface area contributed by atoms with E-state index in [1.54, 1.807) is 12.3 Å². The first-order valence-corrected chi connectivity index (χ1v) is 8.04. The summed E-state index contributed by atoms with van der Waals surface area (Å²) in [5, 5.41) is 3.20. The first-order chi connectivity index (χ1) is 10.3. The van der Waals surface area contributed by atoms with E-state index in [0.717, 1.165) is 57.1 Å². The van der Waals surface area contributed by atoms with E-state index >= 15 is 0 Å². The van der Waals surface area contributed by atoms with Crippen molar-refractivity contribution in [2.24, 2.45) is 5.92 Å². The van der Waals surface area contributed by atoms with Crippen molar-refractivity contribution in [1.29, 1.82) is 0 Å². The van der Waals surface area contributed by atoms with E-state index in [1.165, 1.54) is 6.42 Å². The third-order valence-electron chi connectivity index (χ3n) is 4.54. The normalized spacial score (nSPS) is 18.9. The third-order valence-corrected chi connectivity index (χ3v) is 4.54. The van der Waals surface area contributed by atoms with E-state index in [0.29, 0.717) is 11.6 Å². The maximum absolute atomic E-state index is 12.5. The summed E-state index contributed by atoms with van der Waals surface area (Å²) in [4.78, 5) is 23.2. The molecule has 1 saturated heterocycles. The Morgan fingerprint density at radius 2 is 2.05 bits per heavy atom. The van der Waals surface area contributed by atoms with Gasteiger partial charge >= 0.3 is 0 Å². The molecular weight excluding hydrogens is 300 g/mol. The van der Waals surface area contributed by atoms with Crippen LogP contribution in [0.3, 0.4) is 0 Å². The van der Waals surface area contributed by atoms with Crippen molar-refractivity contribution in [3.63, 3.8) is 0 Å². The number of likely N-dealkylation sites (tertiary alicyclic amines) is 1. The molecule has 2 heterocycles. The van der Waals surface area contributed by atoms with Gasteiger partial charge in [0.2, 0.25) is 0 Å². The summed E-state index contributed by atoms with van der Waals surface area (Å²) in [7, 11) is 1.99. The molecule has 3 rings (SSSR count). The van der Waals surface area contributed by atoms with Crippen LogP contribution in [-0.2, 0) is 0 Å². The van der Waals surface area contributed by atoms with Gasteiger partial charge in [0, 0.05) is 25.2 Å². The summed E-state index contributed by atoms with van der Waals surface area (Å²) < 4.78 is 0. The van der Waals surface area contributed by atoms with Gasteiger partial charge in [-0.15, -0.1) is 12.4 Å². The maximum atomic E-state index is 12.5. The van der Waals surface area contributed by atoms with Crippen molar-refractivity contribution < 1.29 is 4.79 Å². The maximum Gasteiger partial charge on any atom is 0.272 e. The minimum atomic E-state index is 0. The smallest absolute Gasteiger partial charge is 0.272 e. The predicted molar refractivity (Wildman–Crippen MR) is 88.4 cm³/mol. The summed E-state index contributed by atoms with van der Waals surface area (Å²) in [5.41, 5.74) is 0.570.